The number of aromatic nitrogens is 2. The lowest BCUT2D eigenvalue weighted by Crippen LogP contribution is -2.45. The summed E-state index contributed by atoms with van der Waals surface area (Å²) in [6.07, 6.45) is 3.50. The summed E-state index contributed by atoms with van der Waals surface area (Å²) in [6, 6.07) is 27.1. The zero-order chi connectivity index (χ0) is 20.0. The van der Waals surface area contributed by atoms with Gasteiger partial charge in [0.1, 0.15) is 0 Å². The molecule has 6 nitrogen and oxygen atoms in total. The molecule has 0 bridgehead atoms. The van der Waals surface area contributed by atoms with E-state index in [0.717, 1.165) is 21.4 Å². The summed E-state index contributed by atoms with van der Waals surface area (Å²) in [5, 5.41) is 3.17. The Bertz CT molecular complexity index is 1310. The number of fused-ring (bicyclic) bond motifs is 2. The van der Waals surface area contributed by atoms with Gasteiger partial charge in [-0.3, -0.25) is 9.97 Å². The summed E-state index contributed by atoms with van der Waals surface area (Å²) in [4.78, 5) is 29.8. The van der Waals surface area contributed by atoms with Crippen LogP contribution in [0.25, 0.3) is 0 Å². The number of hydrogen-bond donors (Lipinski definition) is 0. The van der Waals surface area contributed by atoms with E-state index < -0.39 is 11.3 Å². The molecular weight excluding hydrogens is 372 g/mol. The molecule has 2 aliphatic rings. The van der Waals surface area contributed by atoms with Crippen LogP contribution in [0.2, 0.25) is 0 Å². The fourth-order valence-electron chi connectivity index (χ4n) is 4.09. The van der Waals surface area contributed by atoms with Gasteiger partial charge in [0.2, 0.25) is 11.3 Å². The van der Waals surface area contributed by atoms with Crippen molar-refractivity contribution in [3.05, 3.63) is 130 Å². The fourth-order valence-corrected chi connectivity index (χ4v) is 4.09. The van der Waals surface area contributed by atoms with Gasteiger partial charge >= 0.3 is 0 Å². The van der Waals surface area contributed by atoms with E-state index in [2.05, 4.69) is 9.97 Å². The first-order valence-electron chi connectivity index (χ1n) is 9.73. The van der Waals surface area contributed by atoms with Crippen molar-refractivity contribution in [3.63, 3.8) is 0 Å². The van der Waals surface area contributed by atoms with Crippen LogP contribution in [0.5, 0.6) is 0 Å². The Hall–Kier alpha value is -4.06. The molecule has 142 valence electrons. The second-order valence-corrected chi connectivity index (χ2v) is 7.20. The average Bonchev–Trinajstić information content (AvgIpc) is 3.41. The highest BCUT2D eigenvalue weighted by atomic mass is 15.3. The molecule has 6 heteroatoms. The highest BCUT2D eigenvalue weighted by molar-refractivity contribution is 5.34. The lowest BCUT2D eigenvalue weighted by atomic mass is 9.87. The maximum atomic E-state index is 5.11. The molecule has 0 aliphatic carbocycles. The predicted octanol–water partition coefficient (Wildman–Crippen LogP) is 1.39. The van der Waals surface area contributed by atoms with E-state index in [0.29, 0.717) is 11.4 Å². The van der Waals surface area contributed by atoms with Gasteiger partial charge in [-0.15, -0.1) is 0 Å². The van der Waals surface area contributed by atoms with Gasteiger partial charge in [-0.1, -0.05) is 36.4 Å². The normalized spacial score (nSPS) is 16.9. The Morgan fingerprint density at radius 1 is 0.400 bits per heavy atom. The molecule has 0 atom stereocenters. The summed E-state index contributed by atoms with van der Waals surface area (Å²) in [5.74, 6) is 0. The van der Waals surface area contributed by atoms with Crippen LogP contribution in [0, 0.1) is 0 Å². The van der Waals surface area contributed by atoms with Gasteiger partial charge in [-0.05, 0) is 48.5 Å². The Balaban J connectivity index is 1.78. The molecule has 0 unspecified atom stereocenters. The third-order valence-electron chi connectivity index (χ3n) is 5.42. The third-order valence-corrected chi connectivity index (χ3v) is 5.42. The maximum Gasteiger partial charge on any atom is 0.245 e. The van der Waals surface area contributed by atoms with Crippen LogP contribution < -0.4 is 21.4 Å². The van der Waals surface area contributed by atoms with Gasteiger partial charge in [0.25, 0.3) is 0 Å². The monoisotopic (exact) mass is 388 g/mol. The summed E-state index contributed by atoms with van der Waals surface area (Å²) < 4.78 is 0. The summed E-state index contributed by atoms with van der Waals surface area (Å²) in [6.45, 7) is 0. The SMILES string of the molecule is c1ccc(C2(C3(c4ccccn4)N=c4ccccc4=N3)N=c3ccccc3=N2)nc1. The minimum absolute atomic E-state index is 0.673. The van der Waals surface area contributed by atoms with Crippen molar-refractivity contribution >= 4 is 0 Å². The van der Waals surface area contributed by atoms with Gasteiger partial charge in [0.15, 0.2) is 0 Å². The molecule has 2 aliphatic heterocycles. The fraction of sp³-hybridized carbons (Fsp3) is 0.0833. The van der Waals surface area contributed by atoms with E-state index in [-0.39, 0.29) is 0 Å². The topological polar surface area (TPSA) is 75.2 Å². The van der Waals surface area contributed by atoms with Crippen LogP contribution in [0.1, 0.15) is 11.4 Å². The van der Waals surface area contributed by atoms with Crippen LogP contribution in [-0.2, 0) is 11.3 Å². The zero-order valence-corrected chi connectivity index (χ0v) is 15.9. The number of rotatable bonds is 3. The Morgan fingerprint density at radius 2 is 0.733 bits per heavy atom. The van der Waals surface area contributed by atoms with Crippen molar-refractivity contribution < 1.29 is 0 Å². The minimum Gasteiger partial charge on any atom is -0.256 e. The molecule has 0 spiro atoms. The molecule has 0 saturated heterocycles. The standard InChI is InChI=1S/C24H16N6/c1-2-10-18-17(9-1)27-23(28-18,21-13-5-7-15-25-21)24(22-14-6-8-16-26-22)29-19-11-3-4-12-20(19)30-24/h1-16H. The number of pyridine rings is 2. The summed E-state index contributed by atoms with van der Waals surface area (Å²) in [7, 11) is 0. The number of nitrogens with zero attached hydrogens (tertiary/aromatic N) is 6. The minimum atomic E-state index is -1.20. The van der Waals surface area contributed by atoms with Crippen molar-refractivity contribution in [1.82, 2.24) is 9.97 Å². The molecule has 2 aromatic carbocycles. The van der Waals surface area contributed by atoms with Crippen LogP contribution in [0.15, 0.2) is 117 Å². The van der Waals surface area contributed by atoms with Crippen molar-refractivity contribution in [2.75, 3.05) is 0 Å². The summed E-state index contributed by atoms with van der Waals surface area (Å²) in [5.41, 5.74) is -1.06. The first-order valence-corrected chi connectivity index (χ1v) is 9.73. The molecule has 0 amide bonds. The smallest absolute Gasteiger partial charge is 0.245 e. The van der Waals surface area contributed by atoms with Gasteiger partial charge in [-0.2, -0.15) is 0 Å². The number of para-hydroxylation sites is 4. The van der Waals surface area contributed by atoms with Crippen LogP contribution in [-0.4, -0.2) is 9.97 Å². The summed E-state index contributed by atoms with van der Waals surface area (Å²) >= 11 is 0. The van der Waals surface area contributed by atoms with Gasteiger partial charge < -0.3 is 0 Å². The maximum absolute atomic E-state index is 5.11. The van der Waals surface area contributed by atoms with Crippen LogP contribution in [0.3, 0.4) is 0 Å². The van der Waals surface area contributed by atoms with Crippen molar-refractivity contribution in [3.8, 4) is 0 Å². The van der Waals surface area contributed by atoms with E-state index in [4.69, 9.17) is 20.0 Å². The van der Waals surface area contributed by atoms with Gasteiger partial charge in [-0.25, -0.2) is 20.0 Å². The Morgan fingerprint density at radius 3 is 1.03 bits per heavy atom. The predicted molar refractivity (Wildman–Crippen MR) is 109 cm³/mol. The average molecular weight is 388 g/mol. The van der Waals surface area contributed by atoms with E-state index >= 15 is 0 Å². The zero-order valence-electron chi connectivity index (χ0n) is 15.9. The number of benzene rings is 2. The van der Waals surface area contributed by atoms with Crippen molar-refractivity contribution in [1.29, 1.82) is 0 Å². The van der Waals surface area contributed by atoms with Gasteiger partial charge in [0, 0.05) is 12.4 Å². The second kappa shape index (κ2) is 6.22. The molecule has 2 aromatic heterocycles. The van der Waals surface area contributed by atoms with Crippen LogP contribution >= 0.6 is 0 Å². The second-order valence-electron chi connectivity index (χ2n) is 7.20. The molecule has 0 fully saturated rings. The lowest BCUT2D eigenvalue weighted by Gasteiger charge is -2.36. The lowest BCUT2D eigenvalue weighted by molar-refractivity contribution is 0.230. The molecule has 4 heterocycles. The molecular formula is C24H16N6. The molecule has 0 N–H and O–H groups in total. The number of hydrogen-bond acceptors (Lipinski definition) is 6. The molecule has 4 aromatic rings. The van der Waals surface area contributed by atoms with E-state index in [1.54, 1.807) is 12.4 Å². The third kappa shape index (κ3) is 2.24. The Kier molecular flexibility index (Phi) is 3.49. The van der Waals surface area contributed by atoms with Crippen LogP contribution in [0.4, 0.5) is 0 Å². The molecule has 6 rings (SSSR count). The first kappa shape index (κ1) is 16.9. The highest BCUT2D eigenvalue weighted by Gasteiger charge is 2.59. The van der Waals surface area contributed by atoms with Crippen molar-refractivity contribution in [2.45, 2.75) is 11.3 Å². The molecule has 30 heavy (non-hydrogen) atoms. The van der Waals surface area contributed by atoms with E-state index in [9.17, 15) is 0 Å². The molecule has 0 saturated carbocycles. The van der Waals surface area contributed by atoms with Gasteiger partial charge in [0.05, 0.1) is 32.8 Å². The first-order chi connectivity index (χ1) is 14.8. The van der Waals surface area contributed by atoms with E-state index in [1.165, 1.54) is 0 Å². The quantitative estimate of drug-likeness (QED) is 0.532. The largest absolute Gasteiger partial charge is 0.256 e. The molecule has 0 radical (unpaired) electrons. The highest BCUT2D eigenvalue weighted by Crippen LogP contribution is 2.48. The Labute approximate surface area is 171 Å². The van der Waals surface area contributed by atoms with Crippen molar-refractivity contribution in [2.24, 2.45) is 20.0 Å². The van der Waals surface area contributed by atoms with E-state index in [1.807, 2.05) is 84.9 Å².